The fourth-order valence-electron chi connectivity index (χ4n) is 0.855. The van der Waals surface area contributed by atoms with Crippen molar-refractivity contribution < 1.29 is 8.78 Å². The van der Waals surface area contributed by atoms with Crippen LogP contribution in [0.4, 0.5) is 8.78 Å². The molecule has 1 aromatic rings. The van der Waals surface area contributed by atoms with Crippen LogP contribution in [0.3, 0.4) is 0 Å². The maximum Gasteiger partial charge on any atom is 0.265 e. The molecule has 1 rings (SSSR count). The largest absolute Gasteiger partial charge is 0.265 e. The van der Waals surface area contributed by atoms with Gasteiger partial charge in [-0.25, -0.2) is 13.8 Å². The Hall–Kier alpha value is 0.260. The van der Waals surface area contributed by atoms with Crippen LogP contribution in [0.1, 0.15) is 17.6 Å². The number of hydrogen-bond donors (Lipinski definition) is 0. The zero-order valence-corrected chi connectivity index (χ0v) is 10.1. The van der Waals surface area contributed by atoms with Crippen molar-refractivity contribution in [1.29, 1.82) is 0 Å². The third-order valence-electron chi connectivity index (χ3n) is 1.46. The van der Waals surface area contributed by atoms with Crippen molar-refractivity contribution in [2.45, 2.75) is 11.8 Å². The molecule has 72 valence electrons. The van der Waals surface area contributed by atoms with E-state index >= 15 is 0 Å². The molecule has 0 aliphatic rings. The lowest BCUT2D eigenvalue weighted by Gasteiger charge is -2.08. The summed E-state index contributed by atoms with van der Waals surface area (Å²) in [6.45, 7) is 0. The van der Waals surface area contributed by atoms with E-state index < -0.39 is 6.43 Å². The second-order valence-corrected chi connectivity index (χ2v) is 3.93. The van der Waals surface area contributed by atoms with E-state index in [0.717, 1.165) is 0 Å². The van der Waals surface area contributed by atoms with Crippen molar-refractivity contribution in [3.8, 4) is 0 Å². The van der Waals surface area contributed by atoms with Crippen molar-refractivity contribution in [2.24, 2.45) is 0 Å². The SMILES string of the molecule is FC(F)c1c(CBr)cnc(Br)c1Cl. The van der Waals surface area contributed by atoms with Gasteiger partial charge in [0, 0.05) is 17.1 Å². The van der Waals surface area contributed by atoms with Crippen LogP contribution in [0.15, 0.2) is 10.8 Å². The van der Waals surface area contributed by atoms with Gasteiger partial charge in [-0.1, -0.05) is 27.5 Å². The van der Waals surface area contributed by atoms with E-state index in [-0.39, 0.29) is 15.2 Å². The van der Waals surface area contributed by atoms with Gasteiger partial charge in [0.25, 0.3) is 6.43 Å². The quantitative estimate of drug-likeness (QED) is 0.579. The molecule has 0 N–H and O–H groups in total. The van der Waals surface area contributed by atoms with Crippen LogP contribution in [0.2, 0.25) is 5.02 Å². The molecule has 0 bridgehead atoms. The summed E-state index contributed by atoms with van der Waals surface area (Å²) in [7, 11) is 0. The smallest absolute Gasteiger partial charge is 0.247 e. The van der Waals surface area contributed by atoms with Gasteiger partial charge in [-0.05, 0) is 21.5 Å². The number of hydrogen-bond acceptors (Lipinski definition) is 1. The molecule has 0 aliphatic heterocycles. The van der Waals surface area contributed by atoms with Crippen molar-refractivity contribution in [3.05, 3.63) is 26.9 Å². The first-order valence-electron chi connectivity index (χ1n) is 3.24. The van der Waals surface area contributed by atoms with Crippen LogP contribution in [0.5, 0.6) is 0 Å². The summed E-state index contributed by atoms with van der Waals surface area (Å²) in [4.78, 5) is 3.81. The summed E-state index contributed by atoms with van der Waals surface area (Å²) in [5, 5.41) is 0.291. The molecule has 13 heavy (non-hydrogen) atoms. The van der Waals surface area contributed by atoms with Crippen molar-refractivity contribution in [2.75, 3.05) is 0 Å². The highest BCUT2D eigenvalue weighted by molar-refractivity contribution is 9.10. The topological polar surface area (TPSA) is 12.9 Å². The predicted molar refractivity (Wildman–Crippen MR) is 54.5 cm³/mol. The predicted octanol–water partition coefficient (Wildman–Crippen LogP) is 4.33. The van der Waals surface area contributed by atoms with Gasteiger partial charge in [0.1, 0.15) is 4.60 Å². The molecule has 1 heterocycles. The molecule has 0 atom stereocenters. The van der Waals surface area contributed by atoms with E-state index in [2.05, 4.69) is 36.8 Å². The van der Waals surface area contributed by atoms with Crippen LogP contribution < -0.4 is 0 Å². The average Bonchev–Trinajstić information content (AvgIpc) is 2.08. The molecule has 6 heteroatoms. The van der Waals surface area contributed by atoms with Gasteiger partial charge in [-0.2, -0.15) is 0 Å². The lowest BCUT2D eigenvalue weighted by Crippen LogP contribution is -1.96. The maximum absolute atomic E-state index is 12.5. The third kappa shape index (κ3) is 2.39. The molecule has 0 saturated carbocycles. The van der Waals surface area contributed by atoms with E-state index in [1.165, 1.54) is 6.20 Å². The number of rotatable bonds is 2. The van der Waals surface area contributed by atoms with E-state index in [1.54, 1.807) is 0 Å². The number of alkyl halides is 3. The molecular weight excluding hydrogens is 331 g/mol. The standard InChI is InChI=1S/C7H4Br2ClF2N/c8-1-3-2-13-6(9)5(10)4(3)7(11)12/h2,7H,1H2. The Bertz CT molecular complexity index is 320. The first-order valence-corrected chi connectivity index (χ1v) is 5.54. The number of nitrogens with zero attached hydrogens (tertiary/aromatic N) is 1. The van der Waals surface area contributed by atoms with Crippen LogP contribution in [-0.2, 0) is 5.33 Å². The fourth-order valence-corrected chi connectivity index (χ4v) is 1.87. The lowest BCUT2D eigenvalue weighted by molar-refractivity contribution is 0.150. The van der Waals surface area contributed by atoms with E-state index in [1.807, 2.05) is 0 Å². The highest BCUT2D eigenvalue weighted by Gasteiger charge is 2.19. The zero-order valence-electron chi connectivity index (χ0n) is 6.20. The monoisotopic (exact) mass is 333 g/mol. The Morgan fingerprint density at radius 2 is 2.15 bits per heavy atom. The molecule has 0 fully saturated rings. The van der Waals surface area contributed by atoms with E-state index in [0.29, 0.717) is 10.9 Å². The Labute approximate surface area is 95.8 Å². The molecule has 0 radical (unpaired) electrons. The normalized spacial score (nSPS) is 10.9. The molecule has 0 aliphatic carbocycles. The number of halogens is 5. The lowest BCUT2D eigenvalue weighted by atomic mass is 10.2. The summed E-state index contributed by atoms with van der Waals surface area (Å²) in [6, 6.07) is 0. The average molecular weight is 335 g/mol. The molecule has 0 saturated heterocycles. The Morgan fingerprint density at radius 3 is 2.62 bits per heavy atom. The Morgan fingerprint density at radius 1 is 1.54 bits per heavy atom. The minimum absolute atomic E-state index is 0.0213. The van der Waals surface area contributed by atoms with Gasteiger partial charge in [0.15, 0.2) is 0 Å². The first-order chi connectivity index (χ1) is 6.07. The summed E-state index contributed by atoms with van der Waals surface area (Å²) in [5.41, 5.74) is 0.239. The molecule has 1 aromatic heterocycles. The van der Waals surface area contributed by atoms with Gasteiger partial charge < -0.3 is 0 Å². The zero-order chi connectivity index (χ0) is 10.0. The van der Waals surface area contributed by atoms with Crippen molar-refractivity contribution in [1.82, 2.24) is 4.98 Å². The molecular formula is C7H4Br2ClF2N. The molecule has 0 unspecified atom stereocenters. The fraction of sp³-hybridized carbons (Fsp3) is 0.286. The minimum Gasteiger partial charge on any atom is -0.247 e. The number of pyridine rings is 1. The summed E-state index contributed by atoms with van der Waals surface area (Å²) >= 11 is 11.7. The van der Waals surface area contributed by atoms with Gasteiger partial charge in [0.05, 0.1) is 5.02 Å². The highest BCUT2D eigenvalue weighted by Crippen LogP contribution is 2.34. The summed E-state index contributed by atoms with van der Waals surface area (Å²) < 4.78 is 25.2. The number of aromatic nitrogens is 1. The van der Waals surface area contributed by atoms with Crippen molar-refractivity contribution >= 4 is 43.5 Å². The van der Waals surface area contributed by atoms with E-state index in [4.69, 9.17) is 11.6 Å². The van der Waals surface area contributed by atoms with Crippen molar-refractivity contribution in [3.63, 3.8) is 0 Å². The van der Waals surface area contributed by atoms with Crippen LogP contribution in [-0.4, -0.2) is 4.98 Å². The molecule has 0 aromatic carbocycles. The van der Waals surface area contributed by atoms with E-state index in [9.17, 15) is 8.78 Å². The van der Waals surface area contributed by atoms with Gasteiger partial charge in [0.2, 0.25) is 0 Å². The highest BCUT2D eigenvalue weighted by atomic mass is 79.9. The minimum atomic E-state index is -2.58. The third-order valence-corrected chi connectivity index (χ3v) is 3.28. The molecule has 0 amide bonds. The Kier molecular flexibility index (Phi) is 4.06. The second-order valence-electron chi connectivity index (χ2n) is 2.24. The van der Waals surface area contributed by atoms with Gasteiger partial charge in [-0.15, -0.1) is 0 Å². The molecule has 0 spiro atoms. The van der Waals surface area contributed by atoms with Crippen LogP contribution in [0.25, 0.3) is 0 Å². The Balaban J connectivity index is 3.32. The van der Waals surface area contributed by atoms with Crippen LogP contribution in [0, 0.1) is 0 Å². The summed E-state index contributed by atoms with van der Waals surface area (Å²) in [6.07, 6.45) is -1.22. The maximum atomic E-state index is 12.5. The first kappa shape index (κ1) is 11.3. The second kappa shape index (κ2) is 4.66. The van der Waals surface area contributed by atoms with Gasteiger partial charge in [-0.3, -0.25) is 0 Å². The summed E-state index contributed by atoms with van der Waals surface area (Å²) in [5.74, 6) is 0. The van der Waals surface area contributed by atoms with Crippen LogP contribution >= 0.6 is 43.5 Å². The molecule has 1 nitrogen and oxygen atoms in total. The van der Waals surface area contributed by atoms with Gasteiger partial charge >= 0.3 is 0 Å².